The van der Waals surface area contributed by atoms with Gasteiger partial charge < -0.3 is 9.47 Å². The lowest BCUT2D eigenvalue weighted by molar-refractivity contribution is -0.0591. The monoisotopic (exact) mass is 530 g/mol. The van der Waals surface area contributed by atoms with Crippen LogP contribution in [-0.2, 0) is 21.6 Å². The third kappa shape index (κ3) is 5.05. The van der Waals surface area contributed by atoms with Crippen molar-refractivity contribution in [1.29, 1.82) is 0 Å². The highest BCUT2D eigenvalue weighted by Crippen LogP contribution is 2.52. The normalized spacial score (nSPS) is 23.4. The molecule has 3 heterocycles. The number of aryl methyl sites for hydroxylation is 2. The Morgan fingerprint density at radius 1 is 1.08 bits per heavy atom. The van der Waals surface area contributed by atoms with Crippen LogP contribution in [-0.4, -0.2) is 45.7 Å². The van der Waals surface area contributed by atoms with E-state index < -0.39 is 5.60 Å². The highest BCUT2D eigenvalue weighted by atomic mass is 16.6. The van der Waals surface area contributed by atoms with Crippen LogP contribution in [0.25, 0.3) is 10.9 Å². The fraction of sp³-hybridized carbons (Fsp3) is 0.515. The summed E-state index contributed by atoms with van der Waals surface area (Å²) in [5, 5.41) is 1.10. The van der Waals surface area contributed by atoms with Crippen LogP contribution in [0, 0.1) is 13.8 Å². The molecule has 0 saturated carbocycles. The van der Waals surface area contributed by atoms with Crippen LogP contribution in [0.3, 0.4) is 0 Å². The molecule has 2 saturated heterocycles. The second-order valence-corrected chi connectivity index (χ2v) is 12.4. The zero-order valence-electron chi connectivity index (χ0n) is 24.5. The second-order valence-electron chi connectivity index (χ2n) is 12.4. The van der Waals surface area contributed by atoms with Gasteiger partial charge >= 0.3 is 6.09 Å². The van der Waals surface area contributed by atoms with Gasteiger partial charge in [-0.1, -0.05) is 30.3 Å². The van der Waals surface area contributed by atoms with Gasteiger partial charge in [-0.15, -0.1) is 0 Å². The van der Waals surface area contributed by atoms with Crippen LogP contribution in [0.5, 0.6) is 0 Å². The standard InChI is InChI=1S/C33H42N2O4/c1-8-38-27-18-26-13-15-33(19-27,25-11-9-24(10-12-25)23(4)36)35(26)20-29-21(2)17-22(3)30-28(29)14-16-34(30)31(37)39-32(5,6)7/h9-12,14,16-17,26-27H,8,13,15,18-20H2,1-7H3. The number of piperidine rings is 1. The average molecular weight is 531 g/mol. The topological polar surface area (TPSA) is 60.8 Å². The first kappa shape index (κ1) is 27.6. The molecule has 3 atom stereocenters. The Labute approximate surface area is 232 Å². The number of rotatable bonds is 6. The van der Waals surface area contributed by atoms with Gasteiger partial charge in [0.05, 0.1) is 11.6 Å². The predicted octanol–water partition coefficient (Wildman–Crippen LogP) is 7.30. The van der Waals surface area contributed by atoms with Gasteiger partial charge in [-0.05, 0) is 102 Å². The number of ether oxygens (including phenoxy) is 2. The van der Waals surface area contributed by atoms with Crippen LogP contribution >= 0.6 is 0 Å². The van der Waals surface area contributed by atoms with Crippen molar-refractivity contribution in [1.82, 2.24) is 9.47 Å². The molecule has 2 fully saturated rings. The van der Waals surface area contributed by atoms with Crippen LogP contribution in [0.15, 0.2) is 42.6 Å². The van der Waals surface area contributed by atoms with Gasteiger partial charge in [0.25, 0.3) is 0 Å². The molecule has 0 N–H and O–H groups in total. The molecular weight excluding hydrogens is 488 g/mol. The van der Waals surface area contributed by atoms with E-state index in [0.29, 0.717) is 12.6 Å². The van der Waals surface area contributed by atoms with Gasteiger partial charge in [0.2, 0.25) is 0 Å². The first-order chi connectivity index (χ1) is 18.4. The third-order valence-corrected chi connectivity index (χ3v) is 8.63. The number of nitrogens with zero attached hydrogens (tertiary/aromatic N) is 2. The first-order valence-corrected chi connectivity index (χ1v) is 14.3. The molecule has 2 aliphatic rings. The van der Waals surface area contributed by atoms with E-state index in [1.54, 1.807) is 11.5 Å². The Morgan fingerprint density at radius 2 is 1.79 bits per heavy atom. The molecule has 3 aromatic rings. The molecule has 6 heteroatoms. The van der Waals surface area contributed by atoms with Crippen LogP contribution in [0.2, 0.25) is 0 Å². The summed E-state index contributed by atoms with van der Waals surface area (Å²) in [6.07, 6.45) is 5.85. The number of hydrogen-bond donors (Lipinski definition) is 0. The van der Waals surface area contributed by atoms with E-state index in [-0.39, 0.29) is 23.5 Å². The second kappa shape index (κ2) is 10.2. The SMILES string of the molecule is CCOC1CC2CCC(c3ccc(C(C)=O)cc3)(C1)N2Cc1c(C)cc(C)c2c1ccn2C(=O)OC(C)(C)C. The van der Waals surface area contributed by atoms with Gasteiger partial charge in [0.1, 0.15) is 5.60 Å². The summed E-state index contributed by atoms with van der Waals surface area (Å²) < 4.78 is 13.6. The summed E-state index contributed by atoms with van der Waals surface area (Å²) in [4.78, 5) is 27.8. The molecule has 208 valence electrons. The zero-order valence-corrected chi connectivity index (χ0v) is 24.5. The Morgan fingerprint density at radius 3 is 2.44 bits per heavy atom. The minimum absolute atomic E-state index is 0.0863. The largest absolute Gasteiger partial charge is 0.443 e. The number of carbonyl (C=O) groups is 2. The molecule has 1 aromatic heterocycles. The van der Waals surface area contributed by atoms with E-state index in [1.807, 2.05) is 39.1 Å². The molecule has 2 aliphatic heterocycles. The Bertz CT molecular complexity index is 1400. The van der Waals surface area contributed by atoms with Crippen molar-refractivity contribution in [3.8, 4) is 0 Å². The Kier molecular flexibility index (Phi) is 7.23. The maximum atomic E-state index is 13.1. The number of benzene rings is 2. The number of carbonyl (C=O) groups excluding carboxylic acids is 2. The summed E-state index contributed by atoms with van der Waals surface area (Å²) in [6.45, 7) is 15.1. The Balaban J connectivity index is 1.57. The van der Waals surface area contributed by atoms with Crippen molar-refractivity contribution in [2.75, 3.05) is 6.61 Å². The van der Waals surface area contributed by atoms with Gasteiger partial charge in [-0.3, -0.25) is 14.3 Å². The lowest BCUT2D eigenvalue weighted by Crippen LogP contribution is -2.52. The van der Waals surface area contributed by atoms with Crippen LogP contribution in [0.1, 0.15) is 92.9 Å². The number of hydrogen-bond acceptors (Lipinski definition) is 5. The van der Waals surface area contributed by atoms with Gasteiger partial charge in [0.15, 0.2) is 5.78 Å². The van der Waals surface area contributed by atoms with Crippen molar-refractivity contribution < 1.29 is 19.1 Å². The molecular formula is C33H42N2O4. The molecule has 5 rings (SSSR count). The fourth-order valence-electron chi connectivity index (χ4n) is 6.98. The van der Waals surface area contributed by atoms with Gasteiger partial charge in [-0.2, -0.15) is 0 Å². The first-order valence-electron chi connectivity index (χ1n) is 14.3. The zero-order chi connectivity index (χ0) is 28.1. The third-order valence-electron chi connectivity index (χ3n) is 8.63. The summed E-state index contributed by atoms with van der Waals surface area (Å²) in [7, 11) is 0. The van der Waals surface area contributed by atoms with Crippen molar-refractivity contribution in [3.05, 3.63) is 70.4 Å². The van der Waals surface area contributed by atoms with E-state index in [9.17, 15) is 9.59 Å². The number of ketones is 1. The average Bonchev–Trinajstić information content (AvgIpc) is 3.39. The molecule has 39 heavy (non-hydrogen) atoms. The van der Waals surface area contributed by atoms with Crippen molar-refractivity contribution in [3.63, 3.8) is 0 Å². The van der Waals surface area contributed by atoms with E-state index in [2.05, 4.69) is 49.9 Å². The minimum atomic E-state index is -0.566. The molecule has 0 amide bonds. The van der Waals surface area contributed by atoms with Gasteiger partial charge in [0, 0.05) is 41.9 Å². The lowest BCUT2D eigenvalue weighted by atomic mass is 9.79. The van der Waals surface area contributed by atoms with Crippen molar-refractivity contribution in [2.24, 2.45) is 0 Å². The lowest BCUT2D eigenvalue weighted by Gasteiger charge is -2.48. The van der Waals surface area contributed by atoms with Crippen LogP contribution < -0.4 is 0 Å². The highest BCUT2D eigenvalue weighted by Gasteiger charge is 2.53. The molecule has 0 radical (unpaired) electrons. The molecule has 6 nitrogen and oxygen atoms in total. The van der Waals surface area contributed by atoms with Crippen molar-refractivity contribution in [2.45, 2.75) is 104 Å². The maximum absolute atomic E-state index is 13.1. The Hall–Kier alpha value is -2.96. The van der Waals surface area contributed by atoms with Gasteiger partial charge in [-0.25, -0.2) is 4.79 Å². The number of Topliss-reactive ketones (excluding diaryl/α,β-unsaturated/α-hetero) is 1. The molecule has 2 bridgehead atoms. The fourth-order valence-corrected chi connectivity index (χ4v) is 6.98. The van der Waals surface area contributed by atoms with E-state index in [1.165, 1.54) is 16.7 Å². The minimum Gasteiger partial charge on any atom is -0.443 e. The number of aromatic nitrogens is 1. The van der Waals surface area contributed by atoms with Crippen LogP contribution in [0.4, 0.5) is 4.79 Å². The summed E-state index contributed by atoms with van der Waals surface area (Å²) in [6, 6.07) is 12.9. The molecule has 0 spiro atoms. The molecule has 2 aromatic carbocycles. The summed E-state index contributed by atoms with van der Waals surface area (Å²) in [5.74, 6) is 0.0863. The molecule has 0 aliphatic carbocycles. The smallest absolute Gasteiger partial charge is 0.418 e. The van der Waals surface area contributed by atoms with E-state index in [0.717, 1.165) is 54.3 Å². The molecule has 3 unspecified atom stereocenters. The predicted molar refractivity (Wildman–Crippen MR) is 154 cm³/mol. The summed E-state index contributed by atoms with van der Waals surface area (Å²) in [5.41, 5.74) is 5.74. The van der Waals surface area contributed by atoms with E-state index >= 15 is 0 Å². The van der Waals surface area contributed by atoms with E-state index in [4.69, 9.17) is 9.47 Å². The highest BCUT2D eigenvalue weighted by molar-refractivity contribution is 5.95. The maximum Gasteiger partial charge on any atom is 0.418 e. The summed E-state index contributed by atoms with van der Waals surface area (Å²) >= 11 is 0. The number of fused-ring (bicyclic) bond motifs is 3. The quantitative estimate of drug-likeness (QED) is 0.313. The van der Waals surface area contributed by atoms with Crippen molar-refractivity contribution >= 4 is 22.8 Å².